The predicted molar refractivity (Wildman–Crippen MR) is 115 cm³/mol. The van der Waals surface area contributed by atoms with Crippen LogP contribution in [0, 0.1) is 24.1 Å². The van der Waals surface area contributed by atoms with Gasteiger partial charge in [-0.25, -0.2) is 17.6 Å². The van der Waals surface area contributed by atoms with Crippen molar-refractivity contribution < 1.29 is 22.7 Å². The molecule has 0 saturated heterocycles. The van der Waals surface area contributed by atoms with Gasteiger partial charge in [0, 0.05) is 19.0 Å². The first-order valence-corrected chi connectivity index (χ1v) is 10.7. The minimum Gasteiger partial charge on any atom is -0.382 e. The molecule has 33 heavy (non-hydrogen) atoms. The van der Waals surface area contributed by atoms with Crippen molar-refractivity contribution >= 4 is 0 Å². The molecule has 0 aliphatic heterocycles. The molecule has 2 unspecified atom stereocenters. The van der Waals surface area contributed by atoms with Gasteiger partial charge in [-0.1, -0.05) is 18.2 Å². The summed E-state index contributed by atoms with van der Waals surface area (Å²) in [5.41, 5.74) is 4.49. The molecule has 8 heteroatoms. The maximum Gasteiger partial charge on any atom is 0.281 e. The van der Waals surface area contributed by atoms with Crippen LogP contribution in [0.2, 0.25) is 0 Å². The summed E-state index contributed by atoms with van der Waals surface area (Å²) in [4.78, 5) is 0. The van der Waals surface area contributed by atoms with E-state index >= 15 is 0 Å². The fourth-order valence-corrected chi connectivity index (χ4v) is 4.72. The molecule has 2 atom stereocenters. The number of aliphatic hydroxyl groups is 1. The third-order valence-electron chi connectivity index (χ3n) is 6.26. The van der Waals surface area contributed by atoms with Gasteiger partial charge in [-0.2, -0.15) is 10.4 Å². The predicted octanol–water partition coefficient (Wildman–Crippen LogP) is 5.66. The van der Waals surface area contributed by atoms with Crippen LogP contribution >= 0.6 is 0 Å². The Labute approximate surface area is 189 Å². The summed E-state index contributed by atoms with van der Waals surface area (Å²) >= 11 is 0. The van der Waals surface area contributed by atoms with Crippen LogP contribution in [0.15, 0.2) is 36.5 Å². The molecule has 1 aromatic heterocycles. The van der Waals surface area contributed by atoms with E-state index in [2.05, 4.69) is 5.10 Å². The van der Waals surface area contributed by atoms with Crippen LogP contribution in [-0.4, -0.2) is 20.8 Å². The van der Waals surface area contributed by atoms with E-state index in [-0.39, 0.29) is 5.56 Å². The van der Waals surface area contributed by atoms with Crippen molar-refractivity contribution in [3.05, 3.63) is 75.7 Å². The lowest BCUT2D eigenvalue weighted by Gasteiger charge is -2.20. The van der Waals surface area contributed by atoms with Crippen molar-refractivity contribution in [2.24, 2.45) is 7.05 Å². The number of aryl methyl sites for hydroxylation is 2. The van der Waals surface area contributed by atoms with Crippen LogP contribution in [0.5, 0.6) is 0 Å². The van der Waals surface area contributed by atoms with E-state index in [1.807, 2.05) is 13.0 Å². The molecule has 0 spiro atoms. The third-order valence-corrected chi connectivity index (χ3v) is 6.26. The van der Waals surface area contributed by atoms with Crippen molar-refractivity contribution in [3.8, 4) is 17.3 Å². The first kappa shape index (κ1) is 23.0. The van der Waals surface area contributed by atoms with Crippen molar-refractivity contribution in [3.63, 3.8) is 0 Å². The van der Waals surface area contributed by atoms with Gasteiger partial charge >= 0.3 is 0 Å². The van der Waals surface area contributed by atoms with E-state index in [0.717, 1.165) is 17.7 Å². The van der Waals surface area contributed by atoms with Crippen LogP contribution in [0.4, 0.5) is 17.6 Å². The smallest absolute Gasteiger partial charge is 0.281 e. The summed E-state index contributed by atoms with van der Waals surface area (Å²) in [5.74, 6) is -3.62. The third kappa shape index (κ3) is 4.13. The lowest BCUT2D eigenvalue weighted by Crippen LogP contribution is -2.21. The second-order valence-corrected chi connectivity index (χ2v) is 8.51. The Morgan fingerprint density at radius 2 is 2.03 bits per heavy atom. The van der Waals surface area contributed by atoms with Gasteiger partial charge in [0.15, 0.2) is 0 Å². The first-order chi connectivity index (χ1) is 15.6. The van der Waals surface area contributed by atoms with Crippen LogP contribution < -0.4 is 0 Å². The molecule has 0 bridgehead atoms. The van der Waals surface area contributed by atoms with Gasteiger partial charge in [0.25, 0.3) is 5.92 Å². The van der Waals surface area contributed by atoms with E-state index < -0.39 is 30.4 Å². The number of hydrogen-bond acceptors (Lipinski definition) is 3. The SMILES string of the molecule is Cc1cnn(C)c1-c1cccc2c1C(O)C(F)(F)C2.N#Cc1cc(F)cc2c1CCCC2F. The number of benzene rings is 2. The number of halogens is 4. The van der Waals surface area contributed by atoms with E-state index in [0.29, 0.717) is 40.7 Å². The summed E-state index contributed by atoms with van der Waals surface area (Å²) in [6.45, 7) is 1.88. The zero-order valence-electron chi connectivity index (χ0n) is 18.2. The Balaban J connectivity index is 0.000000165. The Morgan fingerprint density at radius 3 is 2.70 bits per heavy atom. The fourth-order valence-electron chi connectivity index (χ4n) is 4.72. The molecule has 0 saturated carbocycles. The lowest BCUT2D eigenvalue weighted by molar-refractivity contribution is -0.0966. The van der Waals surface area contributed by atoms with Gasteiger partial charge in [-0.3, -0.25) is 4.68 Å². The minimum atomic E-state index is -3.09. The van der Waals surface area contributed by atoms with Gasteiger partial charge in [0.05, 0.1) is 23.5 Å². The number of hydrogen-bond donors (Lipinski definition) is 1. The van der Waals surface area contributed by atoms with Crippen molar-refractivity contribution in [1.82, 2.24) is 9.78 Å². The van der Waals surface area contributed by atoms with Crippen LogP contribution in [-0.2, 0) is 19.9 Å². The van der Waals surface area contributed by atoms with Crippen molar-refractivity contribution in [1.29, 1.82) is 5.26 Å². The summed E-state index contributed by atoms with van der Waals surface area (Å²) in [6, 6.07) is 9.45. The molecule has 172 valence electrons. The first-order valence-electron chi connectivity index (χ1n) is 10.7. The maximum absolute atomic E-state index is 13.7. The monoisotopic (exact) mass is 457 g/mol. The minimum absolute atomic E-state index is 0.280. The van der Waals surface area contributed by atoms with Gasteiger partial charge in [-0.15, -0.1) is 0 Å². The van der Waals surface area contributed by atoms with Gasteiger partial charge < -0.3 is 5.11 Å². The summed E-state index contributed by atoms with van der Waals surface area (Å²) in [5, 5.41) is 22.8. The summed E-state index contributed by atoms with van der Waals surface area (Å²) in [6.07, 6.45) is 0.270. The van der Waals surface area contributed by atoms with E-state index in [4.69, 9.17) is 5.26 Å². The van der Waals surface area contributed by atoms with Gasteiger partial charge in [0.1, 0.15) is 18.1 Å². The molecule has 1 heterocycles. The Bertz CT molecular complexity index is 1230. The number of nitriles is 1. The van der Waals surface area contributed by atoms with E-state index in [9.17, 15) is 22.7 Å². The number of aliphatic hydroxyl groups excluding tert-OH is 1. The Kier molecular flexibility index (Phi) is 6.02. The highest BCUT2D eigenvalue weighted by Crippen LogP contribution is 2.47. The summed E-state index contributed by atoms with van der Waals surface area (Å²) in [7, 11) is 1.77. The molecule has 3 aromatic rings. The quantitative estimate of drug-likeness (QED) is 0.480. The molecule has 0 radical (unpaired) electrons. The molecular formula is C25H23F4N3O. The molecule has 5 rings (SSSR count). The average molecular weight is 457 g/mol. The number of alkyl halides is 3. The normalized spacial score (nSPS) is 20.3. The number of rotatable bonds is 1. The van der Waals surface area contributed by atoms with Crippen LogP contribution in [0.3, 0.4) is 0 Å². The second kappa shape index (κ2) is 8.64. The molecule has 1 N–H and O–H groups in total. The second-order valence-electron chi connectivity index (χ2n) is 8.51. The molecule has 2 aliphatic rings. The molecule has 2 aliphatic carbocycles. The zero-order valence-corrected chi connectivity index (χ0v) is 18.2. The van der Waals surface area contributed by atoms with Crippen molar-refractivity contribution in [2.45, 2.75) is 50.8 Å². The molecular weight excluding hydrogens is 434 g/mol. The largest absolute Gasteiger partial charge is 0.382 e. The average Bonchev–Trinajstić information content (AvgIpc) is 3.23. The van der Waals surface area contributed by atoms with Crippen LogP contribution in [0.25, 0.3) is 11.3 Å². The highest BCUT2D eigenvalue weighted by molar-refractivity contribution is 5.70. The van der Waals surface area contributed by atoms with Gasteiger partial charge in [0.2, 0.25) is 0 Å². The molecule has 0 amide bonds. The van der Waals surface area contributed by atoms with Crippen molar-refractivity contribution in [2.75, 3.05) is 0 Å². The van der Waals surface area contributed by atoms with E-state index in [1.54, 1.807) is 36.1 Å². The van der Waals surface area contributed by atoms with Crippen LogP contribution in [0.1, 0.15) is 58.5 Å². The standard InChI is InChI=1S/C14H14F2N2O.C11H9F2N/c1-8-7-17-18(2)12(8)10-5-3-4-9-6-14(15,16)13(19)11(9)10;12-8-4-7(6-14)9-2-1-3-11(13)10(9)5-8/h3-5,7,13,19H,6H2,1-2H3;4-5,11H,1-3H2. The highest BCUT2D eigenvalue weighted by Gasteiger charge is 2.48. The summed E-state index contributed by atoms with van der Waals surface area (Å²) < 4.78 is 55.4. The highest BCUT2D eigenvalue weighted by atomic mass is 19.3. The fraction of sp³-hybridized carbons (Fsp3) is 0.360. The number of aromatic nitrogens is 2. The lowest BCUT2D eigenvalue weighted by atomic mass is 9.87. The number of nitrogens with zero attached hydrogens (tertiary/aromatic N) is 3. The molecule has 0 fully saturated rings. The maximum atomic E-state index is 13.7. The van der Waals surface area contributed by atoms with Gasteiger partial charge in [-0.05, 0) is 66.1 Å². The Hall–Kier alpha value is -3.18. The molecule has 2 aromatic carbocycles. The number of fused-ring (bicyclic) bond motifs is 2. The Morgan fingerprint density at radius 1 is 1.27 bits per heavy atom. The zero-order chi connectivity index (χ0) is 23.9. The molecule has 4 nitrogen and oxygen atoms in total. The topological polar surface area (TPSA) is 61.8 Å². The van der Waals surface area contributed by atoms with E-state index in [1.165, 1.54) is 12.1 Å².